The number of para-hydroxylation sites is 1. The van der Waals surface area contributed by atoms with E-state index in [-0.39, 0.29) is 31.5 Å². The van der Waals surface area contributed by atoms with Gasteiger partial charge in [0, 0.05) is 60.5 Å². The minimum Gasteiger partial charge on any atom is -0.497 e. The van der Waals surface area contributed by atoms with E-state index in [1.165, 1.54) is 15.9 Å². The molecule has 0 aliphatic rings. The average molecular weight is 643 g/mol. The number of nitrogens with one attached hydrogen (secondary N) is 1. The number of pyridine rings is 1. The Morgan fingerprint density at radius 1 is 1.02 bits per heavy atom. The number of fused-ring (bicyclic) bond motifs is 1. The van der Waals surface area contributed by atoms with Crippen LogP contribution in [0.2, 0.25) is 0 Å². The third kappa shape index (κ3) is 9.22. The molecule has 0 fully saturated rings. The monoisotopic (exact) mass is 642 g/mol. The highest BCUT2D eigenvalue weighted by molar-refractivity contribution is 6.00. The summed E-state index contributed by atoms with van der Waals surface area (Å²) < 4.78 is 32.8. The number of H-pyrrole nitrogens is 1. The highest BCUT2D eigenvalue weighted by Crippen LogP contribution is 2.37. The fraction of sp³-hybridized carbons (Fsp3) is 0.324. The van der Waals surface area contributed by atoms with E-state index in [1.54, 1.807) is 60.2 Å². The topological polar surface area (TPSA) is 97.0 Å². The van der Waals surface area contributed by atoms with E-state index < -0.39 is 17.6 Å². The van der Waals surface area contributed by atoms with Crippen LogP contribution in [0.5, 0.6) is 11.6 Å². The standard InChI is InChI=1S/C37H43FN4O5/c1-8-28(25-14-11-15-27(23-25)45-7)34(31-24-26-13-9-10-16-30(26)39-31)29-18-19-32(40-35(29)38)46-22-21-42(36(44)47-37(2,3)4)20-12-17-33(43)41(5)6/h9-19,23-24,39H,8,20-22H2,1-7H3/b17-12+,34-28+. The van der Waals surface area contributed by atoms with E-state index in [4.69, 9.17) is 14.2 Å². The van der Waals surface area contributed by atoms with Crippen LogP contribution in [0.4, 0.5) is 9.18 Å². The fourth-order valence-electron chi connectivity index (χ4n) is 4.97. The smallest absolute Gasteiger partial charge is 0.410 e. The Morgan fingerprint density at radius 3 is 2.45 bits per heavy atom. The Kier molecular flexibility index (Phi) is 11.4. The summed E-state index contributed by atoms with van der Waals surface area (Å²) in [6.07, 6.45) is 3.03. The van der Waals surface area contributed by atoms with Crippen molar-refractivity contribution in [3.8, 4) is 11.6 Å². The van der Waals surface area contributed by atoms with Crippen LogP contribution in [0.25, 0.3) is 22.0 Å². The van der Waals surface area contributed by atoms with Crippen molar-refractivity contribution in [3.05, 3.63) is 102 Å². The first-order chi connectivity index (χ1) is 22.4. The second kappa shape index (κ2) is 15.4. The summed E-state index contributed by atoms with van der Waals surface area (Å²) in [5, 5.41) is 1.00. The number of carbonyl (C=O) groups excluding carboxylic acids is 2. The minimum absolute atomic E-state index is 0.0230. The number of allylic oxidation sites excluding steroid dienone is 1. The lowest BCUT2D eigenvalue weighted by molar-refractivity contribution is -0.123. The zero-order valence-corrected chi connectivity index (χ0v) is 28.1. The Bertz CT molecular complexity index is 1740. The summed E-state index contributed by atoms with van der Waals surface area (Å²) in [6.45, 7) is 7.62. The van der Waals surface area contributed by atoms with Crippen LogP contribution >= 0.6 is 0 Å². The molecule has 2 amide bonds. The second-order valence-electron chi connectivity index (χ2n) is 12.1. The van der Waals surface area contributed by atoms with Crippen LogP contribution in [0.3, 0.4) is 0 Å². The molecule has 0 spiro atoms. The summed E-state index contributed by atoms with van der Waals surface area (Å²) in [5.74, 6) is -0.126. The predicted molar refractivity (Wildman–Crippen MR) is 183 cm³/mol. The maximum atomic E-state index is 16.0. The van der Waals surface area contributed by atoms with Gasteiger partial charge in [-0.3, -0.25) is 4.79 Å². The minimum atomic E-state index is -0.710. The second-order valence-corrected chi connectivity index (χ2v) is 12.1. The first-order valence-corrected chi connectivity index (χ1v) is 15.5. The number of ether oxygens (including phenoxy) is 3. The van der Waals surface area contributed by atoms with Gasteiger partial charge in [0.1, 0.15) is 18.0 Å². The summed E-state index contributed by atoms with van der Waals surface area (Å²) in [5.41, 5.74) is 3.80. The number of carbonyl (C=O) groups is 2. The third-order valence-corrected chi connectivity index (χ3v) is 7.26. The molecular weight excluding hydrogens is 599 g/mol. The maximum absolute atomic E-state index is 16.0. The van der Waals surface area contributed by atoms with Gasteiger partial charge in [0.25, 0.3) is 0 Å². The molecule has 1 N–H and O–H groups in total. The molecule has 2 aromatic carbocycles. The van der Waals surface area contributed by atoms with Crippen molar-refractivity contribution in [3.63, 3.8) is 0 Å². The molecule has 2 heterocycles. The number of hydrogen-bond acceptors (Lipinski definition) is 6. The molecule has 0 aliphatic heterocycles. The molecule has 0 saturated heterocycles. The highest BCUT2D eigenvalue weighted by Gasteiger charge is 2.23. The molecule has 9 nitrogen and oxygen atoms in total. The number of hydrogen-bond donors (Lipinski definition) is 1. The van der Waals surface area contributed by atoms with Crippen LogP contribution in [0.15, 0.2) is 78.9 Å². The van der Waals surface area contributed by atoms with Gasteiger partial charge in [-0.25, -0.2) is 4.79 Å². The van der Waals surface area contributed by atoms with E-state index in [9.17, 15) is 9.59 Å². The average Bonchev–Trinajstić information content (AvgIpc) is 3.46. The molecule has 248 valence electrons. The molecular formula is C37H43FN4O5. The number of aromatic nitrogens is 2. The van der Waals surface area contributed by atoms with Gasteiger partial charge >= 0.3 is 6.09 Å². The van der Waals surface area contributed by atoms with Crippen LogP contribution < -0.4 is 9.47 Å². The molecule has 0 saturated carbocycles. The fourth-order valence-corrected chi connectivity index (χ4v) is 4.97. The first kappa shape index (κ1) is 34.7. The van der Waals surface area contributed by atoms with E-state index >= 15 is 4.39 Å². The third-order valence-electron chi connectivity index (χ3n) is 7.26. The van der Waals surface area contributed by atoms with Gasteiger partial charge < -0.3 is 29.0 Å². The van der Waals surface area contributed by atoms with E-state index in [0.717, 1.165) is 27.7 Å². The molecule has 47 heavy (non-hydrogen) atoms. The molecule has 0 atom stereocenters. The van der Waals surface area contributed by atoms with Gasteiger partial charge in [0.2, 0.25) is 17.7 Å². The zero-order valence-electron chi connectivity index (χ0n) is 28.1. The Hall–Kier alpha value is -5.12. The summed E-state index contributed by atoms with van der Waals surface area (Å²) in [6, 6.07) is 20.9. The summed E-state index contributed by atoms with van der Waals surface area (Å²) >= 11 is 0. The number of rotatable bonds is 12. The molecule has 0 radical (unpaired) electrons. The number of nitrogens with zero attached hydrogens (tertiary/aromatic N) is 3. The lowest BCUT2D eigenvalue weighted by Crippen LogP contribution is -2.39. The lowest BCUT2D eigenvalue weighted by Gasteiger charge is -2.26. The van der Waals surface area contributed by atoms with Crippen molar-refractivity contribution < 1.29 is 28.2 Å². The molecule has 10 heteroatoms. The first-order valence-electron chi connectivity index (χ1n) is 15.5. The zero-order chi connectivity index (χ0) is 34.1. The Balaban J connectivity index is 1.62. The van der Waals surface area contributed by atoms with Gasteiger partial charge in [0.15, 0.2) is 0 Å². The van der Waals surface area contributed by atoms with Gasteiger partial charge in [0.05, 0.1) is 13.7 Å². The van der Waals surface area contributed by atoms with Crippen molar-refractivity contribution in [2.45, 2.75) is 39.7 Å². The molecule has 4 aromatic rings. The van der Waals surface area contributed by atoms with Crippen molar-refractivity contribution >= 4 is 34.0 Å². The number of aromatic amines is 1. The van der Waals surface area contributed by atoms with Gasteiger partial charge in [-0.15, -0.1) is 0 Å². The highest BCUT2D eigenvalue weighted by atomic mass is 19.1. The number of likely N-dealkylation sites (N-methyl/N-ethyl adjacent to an activating group) is 1. The molecule has 0 unspecified atom stereocenters. The molecule has 0 bridgehead atoms. The Labute approximate surface area is 275 Å². The normalized spacial score (nSPS) is 12.2. The molecule has 4 rings (SSSR count). The van der Waals surface area contributed by atoms with Gasteiger partial charge in [-0.1, -0.05) is 43.3 Å². The van der Waals surface area contributed by atoms with Crippen LogP contribution in [0.1, 0.15) is 50.9 Å². The summed E-state index contributed by atoms with van der Waals surface area (Å²) in [4.78, 5) is 35.3. The van der Waals surface area contributed by atoms with Crippen LogP contribution in [-0.4, -0.2) is 78.3 Å². The maximum Gasteiger partial charge on any atom is 0.410 e. The number of methoxy groups -OCH3 is 1. The summed E-state index contributed by atoms with van der Waals surface area (Å²) in [7, 11) is 4.90. The van der Waals surface area contributed by atoms with Crippen molar-refractivity contribution in [2.75, 3.05) is 40.9 Å². The number of benzene rings is 2. The Morgan fingerprint density at radius 2 is 1.79 bits per heavy atom. The van der Waals surface area contributed by atoms with E-state index in [1.807, 2.05) is 61.5 Å². The number of halogens is 1. The largest absolute Gasteiger partial charge is 0.497 e. The van der Waals surface area contributed by atoms with Gasteiger partial charge in [-0.2, -0.15) is 9.37 Å². The predicted octanol–water partition coefficient (Wildman–Crippen LogP) is 7.34. The van der Waals surface area contributed by atoms with Crippen LogP contribution in [-0.2, 0) is 9.53 Å². The molecule has 2 aromatic heterocycles. The molecule has 0 aliphatic carbocycles. The van der Waals surface area contributed by atoms with Crippen molar-refractivity contribution in [2.24, 2.45) is 0 Å². The van der Waals surface area contributed by atoms with Crippen molar-refractivity contribution in [1.82, 2.24) is 19.8 Å². The SMILES string of the molecule is CC/C(=C(\c1cc2ccccc2[nH]1)c1ccc(OCCN(C/C=C/C(=O)N(C)C)C(=O)OC(C)(C)C)nc1F)c1cccc(OC)c1. The van der Waals surface area contributed by atoms with Crippen LogP contribution in [0, 0.1) is 5.95 Å². The quantitative estimate of drug-likeness (QED) is 0.128. The lowest BCUT2D eigenvalue weighted by atomic mass is 9.91. The number of amides is 2. The van der Waals surface area contributed by atoms with E-state index in [2.05, 4.69) is 9.97 Å². The van der Waals surface area contributed by atoms with E-state index in [0.29, 0.717) is 23.3 Å². The van der Waals surface area contributed by atoms with Gasteiger partial charge in [-0.05, 0) is 68.7 Å². The van der Waals surface area contributed by atoms with Crippen molar-refractivity contribution in [1.29, 1.82) is 0 Å².